The summed E-state index contributed by atoms with van der Waals surface area (Å²) in [5.74, 6) is 0. The molecule has 0 heterocycles. The molecule has 2 rings (SSSR count). The maximum Gasteiger partial charge on any atom is 0.0444 e. The van der Waals surface area contributed by atoms with Gasteiger partial charge >= 0.3 is 0 Å². The molecule has 0 fully saturated rings. The van der Waals surface area contributed by atoms with Gasteiger partial charge in [-0.3, -0.25) is 0 Å². The van der Waals surface area contributed by atoms with E-state index in [1.807, 2.05) is 0 Å². The van der Waals surface area contributed by atoms with Crippen LogP contribution in [0.3, 0.4) is 0 Å². The zero-order valence-corrected chi connectivity index (χ0v) is 11.0. The normalized spacial score (nSPS) is 22.6. The molecular weight excluding hydrogens is 206 g/mol. The molecule has 0 radical (unpaired) electrons. The summed E-state index contributed by atoms with van der Waals surface area (Å²) in [5, 5.41) is 3.67. The summed E-state index contributed by atoms with van der Waals surface area (Å²) in [7, 11) is 0. The Morgan fingerprint density at radius 3 is 2.88 bits per heavy atom. The fourth-order valence-electron chi connectivity index (χ4n) is 2.37. The van der Waals surface area contributed by atoms with Gasteiger partial charge in [0.25, 0.3) is 0 Å². The topological polar surface area (TPSA) is 12.0 Å². The van der Waals surface area contributed by atoms with Crippen LogP contribution in [0.5, 0.6) is 0 Å². The highest BCUT2D eigenvalue weighted by molar-refractivity contribution is 5.53. The first-order valence-corrected chi connectivity index (χ1v) is 6.76. The van der Waals surface area contributed by atoms with Crippen LogP contribution in [-0.2, 0) is 0 Å². The molecule has 1 nitrogen and oxygen atoms in total. The van der Waals surface area contributed by atoms with Gasteiger partial charge < -0.3 is 5.32 Å². The molecule has 1 atom stereocenters. The lowest BCUT2D eigenvalue weighted by Crippen LogP contribution is -2.18. The second-order valence-corrected chi connectivity index (χ2v) is 5.14. The third-order valence-electron chi connectivity index (χ3n) is 3.49. The summed E-state index contributed by atoms with van der Waals surface area (Å²) in [6.07, 6.45) is 11.2. The van der Waals surface area contributed by atoms with E-state index in [0.717, 1.165) is 0 Å². The SMILES string of the molecule is Cc1ccc(C)c(NC2/C=C\CCCCC2)c1. The van der Waals surface area contributed by atoms with Gasteiger partial charge in [-0.25, -0.2) is 0 Å². The van der Waals surface area contributed by atoms with E-state index in [1.165, 1.54) is 48.9 Å². The highest BCUT2D eigenvalue weighted by Gasteiger charge is 2.08. The van der Waals surface area contributed by atoms with Gasteiger partial charge in [0.15, 0.2) is 0 Å². The first-order valence-electron chi connectivity index (χ1n) is 6.76. The standard InChI is InChI=1S/C16H23N/c1-13-10-11-14(2)16(12-13)17-15-8-6-4-3-5-7-9-15/h6,8,10-12,15,17H,3-5,7,9H2,1-2H3/b8-6-. The van der Waals surface area contributed by atoms with Crippen LogP contribution >= 0.6 is 0 Å². The van der Waals surface area contributed by atoms with Crippen molar-refractivity contribution in [3.05, 3.63) is 41.5 Å². The maximum absolute atomic E-state index is 3.67. The average Bonchev–Trinajstić information content (AvgIpc) is 2.27. The smallest absolute Gasteiger partial charge is 0.0444 e. The highest BCUT2D eigenvalue weighted by atomic mass is 14.9. The molecule has 0 saturated heterocycles. The summed E-state index contributed by atoms with van der Waals surface area (Å²) in [4.78, 5) is 0. The van der Waals surface area contributed by atoms with E-state index < -0.39 is 0 Å². The van der Waals surface area contributed by atoms with Gasteiger partial charge in [-0.2, -0.15) is 0 Å². The summed E-state index contributed by atoms with van der Waals surface area (Å²) in [6, 6.07) is 7.14. The van der Waals surface area contributed by atoms with Gasteiger partial charge in [0.05, 0.1) is 0 Å². The molecule has 1 N–H and O–H groups in total. The quantitative estimate of drug-likeness (QED) is 0.731. The number of benzene rings is 1. The number of hydrogen-bond donors (Lipinski definition) is 1. The summed E-state index contributed by atoms with van der Waals surface area (Å²) < 4.78 is 0. The zero-order valence-electron chi connectivity index (χ0n) is 11.0. The predicted octanol–water partition coefficient (Wildman–Crippen LogP) is 4.60. The molecule has 92 valence electrons. The van der Waals surface area contributed by atoms with Crippen molar-refractivity contribution in [2.75, 3.05) is 5.32 Å². The molecule has 1 aliphatic rings. The molecule has 1 aromatic rings. The van der Waals surface area contributed by atoms with Gasteiger partial charge in [0.2, 0.25) is 0 Å². The lowest BCUT2D eigenvalue weighted by molar-refractivity contribution is 0.610. The average molecular weight is 229 g/mol. The molecule has 0 bridgehead atoms. The van der Waals surface area contributed by atoms with Crippen molar-refractivity contribution in [1.29, 1.82) is 0 Å². The molecule has 1 heteroatoms. The molecule has 1 aliphatic carbocycles. The fraction of sp³-hybridized carbons (Fsp3) is 0.500. The molecule has 0 spiro atoms. The van der Waals surface area contributed by atoms with Crippen molar-refractivity contribution in [1.82, 2.24) is 0 Å². The highest BCUT2D eigenvalue weighted by Crippen LogP contribution is 2.20. The molecule has 0 saturated carbocycles. The Bertz CT molecular complexity index is 393. The fourth-order valence-corrected chi connectivity index (χ4v) is 2.37. The molecule has 17 heavy (non-hydrogen) atoms. The van der Waals surface area contributed by atoms with Crippen LogP contribution in [-0.4, -0.2) is 6.04 Å². The monoisotopic (exact) mass is 229 g/mol. The van der Waals surface area contributed by atoms with Crippen molar-refractivity contribution in [3.63, 3.8) is 0 Å². The van der Waals surface area contributed by atoms with Crippen LogP contribution in [0.1, 0.15) is 43.2 Å². The molecule has 1 unspecified atom stereocenters. The Kier molecular flexibility index (Phi) is 4.24. The lowest BCUT2D eigenvalue weighted by atomic mass is 10.0. The van der Waals surface area contributed by atoms with Gasteiger partial charge in [-0.15, -0.1) is 0 Å². The second kappa shape index (κ2) is 5.90. The van der Waals surface area contributed by atoms with E-state index >= 15 is 0 Å². The lowest BCUT2D eigenvalue weighted by Gasteiger charge is -2.20. The number of nitrogens with one attached hydrogen (secondary N) is 1. The first kappa shape index (κ1) is 12.2. The second-order valence-electron chi connectivity index (χ2n) is 5.14. The van der Waals surface area contributed by atoms with Crippen LogP contribution in [0.25, 0.3) is 0 Å². The van der Waals surface area contributed by atoms with Crippen molar-refractivity contribution < 1.29 is 0 Å². The Morgan fingerprint density at radius 1 is 1.12 bits per heavy atom. The third kappa shape index (κ3) is 3.62. The summed E-state index contributed by atoms with van der Waals surface area (Å²) >= 11 is 0. The predicted molar refractivity (Wildman–Crippen MR) is 75.6 cm³/mol. The summed E-state index contributed by atoms with van der Waals surface area (Å²) in [5.41, 5.74) is 3.96. The minimum atomic E-state index is 0.510. The van der Waals surface area contributed by atoms with Crippen LogP contribution < -0.4 is 5.32 Å². The Labute approximate surface area is 105 Å². The maximum atomic E-state index is 3.67. The van der Waals surface area contributed by atoms with E-state index in [0.29, 0.717) is 6.04 Å². The van der Waals surface area contributed by atoms with E-state index in [1.54, 1.807) is 0 Å². The number of rotatable bonds is 2. The number of hydrogen-bond acceptors (Lipinski definition) is 1. The molecule has 0 amide bonds. The van der Waals surface area contributed by atoms with Crippen molar-refractivity contribution in [2.45, 2.75) is 52.0 Å². The number of aryl methyl sites for hydroxylation is 2. The minimum Gasteiger partial charge on any atom is -0.379 e. The minimum absolute atomic E-state index is 0.510. The van der Waals surface area contributed by atoms with Gasteiger partial charge in [-0.1, -0.05) is 37.1 Å². The Hall–Kier alpha value is -1.24. The third-order valence-corrected chi connectivity index (χ3v) is 3.49. The van der Waals surface area contributed by atoms with Crippen LogP contribution in [0.2, 0.25) is 0 Å². The first-order chi connectivity index (χ1) is 8.25. The number of anilines is 1. The molecule has 0 aliphatic heterocycles. The zero-order chi connectivity index (χ0) is 12.1. The van der Waals surface area contributed by atoms with Crippen molar-refractivity contribution in [2.24, 2.45) is 0 Å². The van der Waals surface area contributed by atoms with Crippen LogP contribution in [0, 0.1) is 13.8 Å². The van der Waals surface area contributed by atoms with E-state index in [4.69, 9.17) is 0 Å². The van der Waals surface area contributed by atoms with Crippen LogP contribution in [0.15, 0.2) is 30.4 Å². The molecule has 0 aromatic heterocycles. The van der Waals surface area contributed by atoms with E-state index in [-0.39, 0.29) is 0 Å². The van der Waals surface area contributed by atoms with Crippen LogP contribution in [0.4, 0.5) is 5.69 Å². The Morgan fingerprint density at radius 2 is 2.00 bits per heavy atom. The molecule has 1 aromatic carbocycles. The van der Waals surface area contributed by atoms with Gasteiger partial charge in [0.1, 0.15) is 0 Å². The van der Waals surface area contributed by atoms with E-state index in [2.05, 4.69) is 49.5 Å². The van der Waals surface area contributed by atoms with Crippen molar-refractivity contribution in [3.8, 4) is 0 Å². The van der Waals surface area contributed by atoms with Gasteiger partial charge in [-0.05, 0) is 50.3 Å². The van der Waals surface area contributed by atoms with Gasteiger partial charge in [0, 0.05) is 11.7 Å². The van der Waals surface area contributed by atoms with Crippen molar-refractivity contribution >= 4 is 5.69 Å². The Balaban J connectivity index is 2.07. The number of allylic oxidation sites excluding steroid dienone is 1. The molecular formula is C16H23N. The summed E-state index contributed by atoms with van der Waals surface area (Å²) in [6.45, 7) is 4.33. The largest absolute Gasteiger partial charge is 0.379 e. The van der Waals surface area contributed by atoms with E-state index in [9.17, 15) is 0 Å².